The number of carbonyl (C=O) groups excluding carboxylic acids is 1. The van der Waals surface area contributed by atoms with E-state index in [1.807, 2.05) is 12.1 Å². The lowest BCUT2D eigenvalue weighted by Crippen LogP contribution is -2.30. The Morgan fingerprint density at radius 3 is 2.57 bits per heavy atom. The second kappa shape index (κ2) is 10.7. The number of methoxy groups -OCH3 is 1. The summed E-state index contributed by atoms with van der Waals surface area (Å²) in [6, 6.07) is 10.4. The lowest BCUT2D eigenvalue weighted by Gasteiger charge is -2.28. The first-order chi connectivity index (χ1) is 17.6. The first kappa shape index (κ1) is 26.3. The molecule has 4 rings (SSSR count). The Hall–Kier alpha value is -3.77. The molecule has 1 aliphatic rings. The van der Waals surface area contributed by atoms with E-state index in [4.69, 9.17) is 10.5 Å². The third-order valence-corrected chi connectivity index (χ3v) is 8.50. The topological polar surface area (TPSA) is 152 Å². The molecule has 0 saturated carbocycles. The predicted octanol–water partition coefficient (Wildman–Crippen LogP) is 3.03. The summed E-state index contributed by atoms with van der Waals surface area (Å²) in [6.45, 7) is 8.09. The predicted molar refractivity (Wildman–Crippen MR) is 141 cm³/mol. The summed E-state index contributed by atoms with van der Waals surface area (Å²) < 4.78 is 31.4. The number of nitrogens with two attached hydrogens (primary N) is 1. The molecular formula is C25H31N7O4S. The molecule has 0 radical (unpaired) electrons. The van der Waals surface area contributed by atoms with Crippen LogP contribution in [-0.2, 0) is 22.8 Å². The number of nitrogens with one attached hydrogen (secondary N) is 2. The maximum absolute atomic E-state index is 12.9. The molecule has 0 spiro atoms. The number of aromatic nitrogens is 3. The van der Waals surface area contributed by atoms with E-state index in [2.05, 4.69) is 37.6 Å². The van der Waals surface area contributed by atoms with Gasteiger partial charge >= 0.3 is 0 Å². The van der Waals surface area contributed by atoms with Gasteiger partial charge in [-0.25, -0.2) is 8.42 Å². The Labute approximate surface area is 216 Å². The largest absolute Gasteiger partial charge is 0.495 e. The average molecular weight is 526 g/mol. The van der Waals surface area contributed by atoms with Crippen LogP contribution < -0.4 is 21.1 Å². The third-order valence-electron chi connectivity index (χ3n) is 6.29. The Bertz CT molecular complexity index is 1430. The number of carbonyl (C=O) groups is 1. The summed E-state index contributed by atoms with van der Waals surface area (Å²) in [5.74, 6) is -0.179. The molecule has 0 unspecified atom stereocenters. The molecule has 0 bridgehead atoms. The number of benzene rings is 2. The van der Waals surface area contributed by atoms with Crippen molar-refractivity contribution in [1.82, 2.24) is 20.1 Å². The van der Waals surface area contributed by atoms with Crippen molar-refractivity contribution in [3.05, 3.63) is 53.2 Å². The second-order valence-corrected chi connectivity index (χ2v) is 11.4. The second-order valence-electron chi connectivity index (χ2n) is 8.98. The molecule has 0 atom stereocenters. The molecular weight excluding hydrogens is 494 g/mol. The van der Waals surface area contributed by atoms with E-state index in [9.17, 15) is 13.2 Å². The van der Waals surface area contributed by atoms with Gasteiger partial charge < -0.3 is 21.1 Å². The van der Waals surface area contributed by atoms with Gasteiger partial charge in [-0.2, -0.15) is 4.98 Å². The van der Waals surface area contributed by atoms with Crippen LogP contribution in [0.1, 0.15) is 42.4 Å². The highest BCUT2D eigenvalue weighted by molar-refractivity contribution is 7.92. The van der Waals surface area contributed by atoms with Gasteiger partial charge in [0.2, 0.25) is 5.95 Å². The molecule has 37 heavy (non-hydrogen) atoms. The van der Waals surface area contributed by atoms with Crippen LogP contribution in [0.2, 0.25) is 0 Å². The standard InChI is InChI=1S/C25H31N7O4S/c1-5-32-11-10-16-13-20(36-4)19(12-17(16)14-32)28-25-29-24(22(23(26)33)30-31-25)27-18-8-6-7-9-21(18)37(34,35)15(2)3/h6-9,12-13,15H,5,10-11,14H2,1-4H3,(H2,26,33)(H2,27,28,29,31). The Kier molecular flexibility index (Phi) is 7.60. The molecule has 1 aliphatic heterocycles. The summed E-state index contributed by atoms with van der Waals surface area (Å²) in [7, 11) is -2.04. The van der Waals surface area contributed by atoms with Crippen LogP contribution in [0.4, 0.5) is 23.1 Å². The highest BCUT2D eigenvalue weighted by Gasteiger charge is 2.24. The smallest absolute Gasteiger partial charge is 0.273 e. The van der Waals surface area contributed by atoms with Crippen molar-refractivity contribution >= 4 is 38.9 Å². The molecule has 2 heterocycles. The van der Waals surface area contributed by atoms with Crippen molar-refractivity contribution in [1.29, 1.82) is 0 Å². The van der Waals surface area contributed by atoms with Gasteiger partial charge in [-0.05, 0) is 62.2 Å². The number of rotatable bonds is 9. The van der Waals surface area contributed by atoms with Crippen LogP contribution in [0.25, 0.3) is 0 Å². The molecule has 11 nitrogen and oxygen atoms in total. The summed E-state index contributed by atoms with van der Waals surface area (Å²) in [6.07, 6.45) is 0.929. The average Bonchev–Trinajstić information content (AvgIpc) is 2.88. The quantitative estimate of drug-likeness (QED) is 0.380. The minimum atomic E-state index is -3.62. The SMILES string of the molecule is CCN1CCc2cc(OC)c(Nc3nnc(C(N)=O)c(Nc4ccccc4S(=O)(=O)C(C)C)n3)cc2C1. The minimum absolute atomic E-state index is 0.0227. The van der Waals surface area contributed by atoms with Crippen LogP contribution in [0.15, 0.2) is 41.3 Å². The number of anilines is 4. The number of hydrogen-bond donors (Lipinski definition) is 3. The fourth-order valence-corrected chi connectivity index (χ4v) is 5.34. The van der Waals surface area contributed by atoms with Gasteiger partial charge in [-0.3, -0.25) is 9.69 Å². The first-order valence-corrected chi connectivity index (χ1v) is 13.5. The number of sulfone groups is 1. The van der Waals surface area contributed by atoms with Crippen LogP contribution in [0, 0.1) is 0 Å². The number of hydrogen-bond acceptors (Lipinski definition) is 10. The lowest BCUT2D eigenvalue weighted by molar-refractivity contribution is 0.0995. The van der Waals surface area contributed by atoms with Crippen molar-refractivity contribution in [2.24, 2.45) is 5.73 Å². The van der Waals surface area contributed by atoms with Gasteiger partial charge in [0, 0.05) is 13.1 Å². The zero-order valence-corrected chi connectivity index (χ0v) is 22.1. The van der Waals surface area contributed by atoms with Gasteiger partial charge in [0.1, 0.15) is 5.75 Å². The van der Waals surface area contributed by atoms with Gasteiger partial charge in [0.05, 0.1) is 28.6 Å². The Balaban J connectivity index is 1.71. The van der Waals surface area contributed by atoms with E-state index in [-0.39, 0.29) is 28.0 Å². The zero-order chi connectivity index (χ0) is 26.7. The van der Waals surface area contributed by atoms with Gasteiger partial charge in [-0.1, -0.05) is 19.1 Å². The molecule has 2 aromatic carbocycles. The number of primary amides is 1. The van der Waals surface area contributed by atoms with Gasteiger partial charge in [0.25, 0.3) is 5.91 Å². The number of para-hydroxylation sites is 1. The normalized spacial score (nSPS) is 13.8. The van der Waals surface area contributed by atoms with Crippen LogP contribution >= 0.6 is 0 Å². The lowest BCUT2D eigenvalue weighted by atomic mass is 9.98. The summed E-state index contributed by atoms with van der Waals surface area (Å²) in [5.41, 5.74) is 8.56. The number of nitrogens with zero attached hydrogens (tertiary/aromatic N) is 4. The molecule has 4 N–H and O–H groups in total. The van der Waals surface area contributed by atoms with Crippen molar-refractivity contribution in [2.45, 2.75) is 43.9 Å². The summed E-state index contributed by atoms with van der Waals surface area (Å²) in [4.78, 5) is 18.9. The van der Waals surface area contributed by atoms with E-state index >= 15 is 0 Å². The van der Waals surface area contributed by atoms with Crippen LogP contribution in [0.3, 0.4) is 0 Å². The van der Waals surface area contributed by atoms with Crippen molar-refractivity contribution in [2.75, 3.05) is 30.8 Å². The van der Waals surface area contributed by atoms with Crippen molar-refractivity contribution in [3.63, 3.8) is 0 Å². The van der Waals surface area contributed by atoms with Gasteiger partial charge in [-0.15, -0.1) is 10.2 Å². The molecule has 3 aromatic rings. The molecule has 1 amide bonds. The van der Waals surface area contributed by atoms with Crippen LogP contribution in [-0.4, -0.2) is 59.9 Å². The number of ether oxygens (including phenoxy) is 1. The highest BCUT2D eigenvalue weighted by Crippen LogP contribution is 2.34. The van der Waals surface area contributed by atoms with Crippen molar-refractivity contribution < 1.29 is 17.9 Å². The molecule has 0 saturated heterocycles. The molecule has 0 aliphatic carbocycles. The summed E-state index contributed by atoms with van der Waals surface area (Å²) >= 11 is 0. The molecule has 1 aromatic heterocycles. The Morgan fingerprint density at radius 2 is 1.89 bits per heavy atom. The summed E-state index contributed by atoms with van der Waals surface area (Å²) in [5, 5.41) is 13.4. The Morgan fingerprint density at radius 1 is 1.14 bits per heavy atom. The molecule has 0 fully saturated rings. The van der Waals surface area contributed by atoms with Crippen molar-refractivity contribution in [3.8, 4) is 5.75 Å². The third kappa shape index (κ3) is 5.49. The van der Waals surface area contributed by atoms with E-state index in [0.29, 0.717) is 11.4 Å². The number of amides is 1. The van der Waals surface area contributed by atoms with E-state index in [0.717, 1.165) is 26.1 Å². The number of likely N-dealkylation sites (N-methyl/N-ethyl adjacent to an activating group) is 1. The number of fused-ring (bicyclic) bond motifs is 1. The fourth-order valence-electron chi connectivity index (χ4n) is 4.13. The maximum atomic E-state index is 12.9. The highest BCUT2D eigenvalue weighted by atomic mass is 32.2. The van der Waals surface area contributed by atoms with Gasteiger partial charge in [0.15, 0.2) is 21.3 Å². The fraction of sp³-hybridized carbons (Fsp3) is 0.360. The molecule has 196 valence electrons. The van der Waals surface area contributed by atoms with Crippen LogP contribution in [0.5, 0.6) is 5.75 Å². The minimum Gasteiger partial charge on any atom is -0.495 e. The van der Waals surface area contributed by atoms with E-state index < -0.39 is 21.0 Å². The maximum Gasteiger partial charge on any atom is 0.273 e. The van der Waals surface area contributed by atoms with E-state index in [1.165, 1.54) is 17.2 Å². The molecule has 12 heteroatoms. The monoisotopic (exact) mass is 525 g/mol. The first-order valence-electron chi connectivity index (χ1n) is 12.0. The van der Waals surface area contributed by atoms with E-state index in [1.54, 1.807) is 39.2 Å². The zero-order valence-electron chi connectivity index (χ0n) is 21.3.